The van der Waals surface area contributed by atoms with E-state index in [-0.39, 0.29) is 5.91 Å². The maximum Gasteiger partial charge on any atom is 0.265 e. The van der Waals surface area contributed by atoms with E-state index in [4.69, 9.17) is 16.3 Å². The van der Waals surface area contributed by atoms with E-state index in [2.05, 4.69) is 43.3 Å². The summed E-state index contributed by atoms with van der Waals surface area (Å²) in [6.45, 7) is 7.24. The van der Waals surface area contributed by atoms with Crippen molar-refractivity contribution >= 4 is 34.5 Å². The number of aryl methyl sites for hydroxylation is 3. The monoisotopic (exact) mass is 465 g/mol. The van der Waals surface area contributed by atoms with Gasteiger partial charge in [0.25, 0.3) is 5.91 Å². The Morgan fingerprint density at radius 3 is 2.47 bits per heavy atom. The summed E-state index contributed by atoms with van der Waals surface area (Å²) in [5, 5.41) is 9.70. The highest BCUT2D eigenvalue weighted by Gasteiger charge is 2.11. The lowest BCUT2D eigenvalue weighted by atomic mass is 10.1. The number of benzene rings is 2. The standard InChI is InChI=1S/C25H24ClN3O2S/c1-16-8-17(2)24(18(3)9-16)31-14-20-10-23(32-15-20)25(30)28-22-6-4-19(5-7-22)12-29-13-21(26)11-27-29/h4-11,13,15H,12,14H2,1-3H3,(H,28,30). The molecular weight excluding hydrogens is 442 g/mol. The van der Waals surface area contributed by atoms with Crippen molar-refractivity contribution < 1.29 is 9.53 Å². The molecule has 0 fully saturated rings. The number of anilines is 1. The van der Waals surface area contributed by atoms with E-state index in [0.29, 0.717) is 23.1 Å². The minimum atomic E-state index is -0.129. The number of amides is 1. The second kappa shape index (κ2) is 9.59. The van der Waals surface area contributed by atoms with Crippen LogP contribution in [0.15, 0.2) is 60.2 Å². The number of aromatic nitrogens is 2. The quantitative estimate of drug-likeness (QED) is 0.343. The van der Waals surface area contributed by atoms with Crippen LogP contribution in [0.5, 0.6) is 5.75 Å². The Morgan fingerprint density at radius 1 is 1.09 bits per heavy atom. The van der Waals surface area contributed by atoms with E-state index in [0.717, 1.165) is 33.7 Å². The van der Waals surface area contributed by atoms with Gasteiger partial charge in [0.1, 0.15) is 12.4 Å². The Labute approximate surface area is 196 Å². The van der Waals surface area contributed by atoms with Crippen LogP contribution < -0.4 is 10.1 Å². The van der Waals surface area contributed by atoms with E-state index in [9.17, 15) is 4.79 Å². The molecule has 0 aliphatic heterocycles. The molecule has 2 aromatic carbocycles. The first-order chi connectivity index (χ1) is 15.4. The SMILES string of the molecule is Cc1cc(C)c(OCc2csc(C(=O)Nc3ccc(Cn4cc(Cl)cn4)cc3)c2)c(C)c1. The molecule has 0 saturated carbocycles. The van der Waals surface area contributed by atoms with E-state index >= 15 is 0 Å². The van der Waals surface area contributed by atoms with Crippen LogP contribution in [-0.4, -0.2) is 15.7 Å². The average molecular weight is 466 g/mol. The second-order valence-electron chi connectivity index (χ2n) is 7.84. The van der Waals surface area contributed by atoms with Gasteiger partial charge in [-0.3, -0.25) is 9.48 Å². The zero-order valence-electron chi connectivity index (χ0n) is 18.2. The molecule has 0 radical (unpaired) electrons. The predicted octanol–water partition coefficient (Wildman–Crippen LogP) is 6.40. The fourth-order valence-electron chi connectivity index (χ4n) is 3.62. The molecule has 0 aliphatic rings. The lowest BCUT2D eigenvalue weighted by molar-refractivity contribution is 0.103. The third kappa shape index (κ3) is 5.39. The molecule has 0 aliphatic carbocycles. The number of ether oxygens (including phenoxy) is 1. The zero-order valence-corrected chi connectivity index (χ0v) is 19.8. The molecule has 7 heteroatoms. The average Bonchev–Trinajstić information content (AvgIpc) is 3.38. The smallest absolute Gasteiger partial charge is 0.265 e. The molecule has 164 valence electrons. The number of carbonyl (C=O) groups is 1. The maximum absolute atomic E-state index is 12.7. The van der Waals surface area contributed by atoms with Gasteiger partial charge in [-0.05, 0) is 61.0 Å². The molecule has 2 aromatic heterocycles. The highest BCUT2D eigenvalue weighted by Crippen LogP contribution is 2.26. The zero-order chi connectivity index (χ0) is 22.7. The van der Waals surface area contributed by atoms with Gasteiger partial charge in [-0.2, -0.15) is 5.10 Å². The van der Waals surface area contributed by atoms with Crippen molar-refractivity contribution in [3.63, 3.8) is 0 Å². The van der Waals surface area contributed by atoms with Crippen molar-refractivity contribution in [1.29, 1.82) is 0 Å². The first-order valence-electron chi connectivity index (χ1n) is 10.2. The summed E-state index contributed by atoms with van der Waals surface area (Å²) in [4.78, 5) is 13.3. The van der Waals surface area contributed by atoms with Crippen LogP contribution in [0.2, 0.25) is 5.02 Å². The summed E-state index contributed by atoms with van der Waals surface area (Å²) in [6, 6.07) is 13.8. The van der Waals surface area contributed by atoms with Crippen LogP contribution >= 0.6 is 22.9 Å². The van der Waals surface area contributed by atoms with Gasteiger partial charge >= 0.3 is 0 Å². The summed E-state index contributed by atoms with van der Waals surface area (Å²) in [6.07, 6.45) is 3.39. The number of rotatable bonds is 7. The summed E-state index contributed by atoms with van der Waals surface area (Å²) in [5.41, 5.74) is 6.26. The third-order valence-electron chi connectivity index (χ3n) is 5.02. The first-order valence-corrected chi connectivity index (χ1v) is 11.5. The van der Waals surface area contributed by atoms with Gasteiger partial charge in [-0.15, -0.1) is 11.3 Å². The molecule has 0 spiro atoms. The van der Waals surface area contributed by atoms with Gasteiger partial charge in [-0.1, -0.05) is 41.4 Å². The minimum absolute atomic E-state index is 0.129. The molecule has 0 unspecified atom stereocenters. The number of halogens is 1. The molecule has 0 atom stereocenters. The number of thiophene rings is 1. The fraction of sp³-hybridized carbons (Fsp3) is 0.200. The van der Waals surface area contributed by atoms with E-state index in [1.54, 1.807) is 17.1 Å². The number of hydrogen-bond donors (Lipinski definition) is 1. The third-order valence-corrected chi connectivity index (χ3v) is 6.20. The highest BCUT2D eigenvalue weighted by molar-refractivity contribution is 7.12. The van der Waals surface area contributed by atoms with Gasteiger partial charge in [0.2, 0.25) is 0 Å². The number of nitrogens with one attached hydrogen (secondary N) is 1. The van der Waals surface area contributed by atoms with E-state index in [1.165, 1.54) is 16.9 Å². The Balaban J connectivity index is 1.34. The lowest BCUT2D eigenvalue weighted by Gasteiger charge is -2.12. The normalized spacial score (nSPS) is 10.9. The molecule has 1 amide bonds. The summed E-state index contributed by atoms with van der Waals surface area (Å²) in [5.74, 6) is 0.779. The summed E-state index contributed by atoms with van der Waals surface area (Å²) in [7, 11) is 0. The van der Waals surface area contributed by atoms with Crippen LogP contribution in [0.3, 0.4) is 0 Å². The Morgan fingerprint density at radius 2 is 1.81 bits per heavy atom. The largest absolute Gasteiger partial charge is 0.488 e. The summed E-state index contributed by atoms with van der Waals surface area (Å²) < 4.78 is 7.81. The van der Waals surface area contributed by atoms with Gasteiger partial charge in [-0.25, -0.2) is 0 Å². The second-order valence-corrected chi connectivity index (χ2v) is 9.19. The maximum atomic E-state index is 12.7. The van der Waals surface area contributed by atoms with Gasteiger partial charge < -0.3 is 10.1 Å². The molecular formula is C25H24ClN3O2S. The first kappa shape index (κ1) is 22.1. The topological polar surface area (TPSA) is 56.1 Å². The number of nitrogens with zero attached hydrogens (tertiary/aromatic N) is 2. The van der Waals surface area contributed by atoms with Crippen molar-refractivity contribution in [3.8, 4) is 5.75 Å². The van der Waals surface area contributed by atoms with Gasteiger partial charge in [0, 0.05) is 17.4 Å². The minimum Gasteiger partial charge on any atom is -0.488 e. The van der Waals surface area contributed by atoms with Crippen LogP contribution in [0.1, 0.15) is 37.5 Å². The number of carbonyl (C=O) groups excluding carboxylic acids is 1. The van der Waals surface area contributed by atoms with Crippen LogP contribution in [0, 0.1) is 20.8 Å². The van der Waals surface area contributed by atoms with E-state index in [1.807, 2.05) is 35.7 Å². The molecule has 0 saturated heterocycles. The van der Waals surface area contributed by atoms with Crippen molar-refractivity contribution in [1.82, 2.24) is 9.78 Å². The molecule has 32 heavy (non-hydrogen) atoms. The Bertz CT molecular complexity index is 1220. The number of hydrogen-bond acceptors (Lipinski definition) is 4. The molecule has 5 nitrogen and oxygen atoms in total. The summed E-state index contributed by atoms with van der Waals surface area (Å²) >= 11 is 7.32. The lowest BCUT2D eigenvalue weighted by Crippen LogP contribution is -2.10. The molecule has 1 N–H and O–H groups in total. The van der Waals surface area contributed by atoms with Crippen molar-refractivity contribution in [2.75, 3.05) is 5.32 Å². The van der Waals surface area contributed by atoms with Crippen molar-refractivity contribution in [3.05, 3.63) is 98.0 Å². The predicted molar refractivity (Wildman–Crippen MR) is 130 cm³/mol. The highest BCUT2D eigenvalue weighted by atomic mass is 35.5. The molecule has 2 heterocycles. The van der Waals surface area contributed by atoms with Crippen molar-refractivity contribution in [2.45, 2.75) is 33.9 Å². The van der Waals surface area contributed by atoms with Gasteiger partial charge in [0.15, 0.2) is 0 Å². The molecule has 4 aromatic rings. The van der Waals surface area contributed by atoms with Crippen LogP contribution in [0.25, 0.3) is 0 Å². The Kier molecular flexibility index (Phi) is 6.63. The van der Waals surface area contributed by atoms with Gasteiger partial charge in [0.05, 0.1) is 22.6 Å². The molecule has 0 bridgehead atoms. The Hall–Kier alpha value is -3.09. The van der Waals surface area contributed by atoms with Crippen molar-refractivity contribution in [2.24, 2.45) is 0 Å². The van der Waals surface area contributed by atoms with Crippen LogP contribution in [0.4, 0.5) is 5.69 Å². The molecule has 4 rings (SSSR count). The van der Waals surface area contributed by atoms with Crippen LogP contribution in [-0.2, 0) is 13.2 Å². The van der Waals surface area contributed by atoms with E-state index < -0.39 is 0 Å². The fourth-order valence-corrected chi connectivity index (χ4v) is 4.57.